The Labute approximate surface area is 186 Å². The van der Waals surface area contributed by atoms with Gasteiger partial charge in [-0.15, -0.1) is 0 Å². The lowest BCUT2D eigenvalue weighted by Crippen LogP contribution is -2.24. The molecule has 178 valence electrons. The average Bonchev–Trinajstić information content (AvgIpc) is 3.25. The maximum absolute atomic E-state index is 10.0. The van der Waals surface area contributed by atoms with E-state index >= 15 is 0 Å². The molecule has 0 amide bonds. The van der Waals surface area contributed by atoms with Crippen LogP contribution in [0.4, 0.5) is 0 Å². The summed E-state index contributed by atoms with van der Waals surface area (Å²) >= 11 is 0. The molecule has 2 aromatic heterocycles. The molecule has 0 saturated carbocycles. The standard InChI is InChI=1S/C7H11N2O.C7H11N2.2C3H9O2P/c1-8-2-3-9(6-8)4-7-5-10-7;1-3-4-9-6-5-8(2)7-9;2*1-3-6(2,4)5/h2-3,6-7H,4-5H2,1H3;3,5-7H,1,4H2,2H3;2*3H2,1-2H3,(H,4,5)/q2*+1;;/p-2. The van der Waals surface area contributed by atoms with Crippen molar-refractivity contribution in [3.63, 3.8) is 0 Å². The van der Waals surface area contributed by atoms with E-state index in [2.05, 4.69) is 28.2 Å². The predicted octanol–water partition coefficient (Wildman–Crippen LogP) is 0.759. The van der Waals surface area contributed by atoms with Crippen LogP contribution in [-0.4, -0.2) is 47.5 Å². The second-order valence-electron chi connectivity index (χ2n) is 7.46. The molecule has 1 aliphatic rings. The fraction of sp³-hybridized carbons (Fsp3) is 0.600. The minimum Gasteiger partial charge on any atom is -0.799 e. The fourth-order valence-electron chi connectivity index (χ4n) is 1.78. The highest BCUT2D eigenvalue weighted by atomic mass is 31.2. The third kappa shape index (κ3) is 18.9. The zero-order valence-corrected chi connectivity index (χ0v) is 21.4. The van der Waals surface area contributed by atoms with Gasteiger partial charge in [0, 0.05) is 14.7 Å². The number of nitrogens with zero attached hydrogens (tertiary/aromatic N) is 4. The van der Waals surface area contributed by atoms with E-state index in [0.717, 1.165) is 19.7 Å². The van der Waals surface area contributed by atoms with Gasteiger partial charge in [-0.3, -0.25) is 0 Å². The van der Waals surface area contributed by atoms with Crippen molar-refractivity contribution in [2.75, 3.05) is 32.3 Å². The highest BCUT2D eigenvalue weighted by Gasteiger charge is 2.25. The maximum atomic E-state index is 10.0. The topological polar surface area (TPSA) is 110 Å². The van der Waals surface area contributed by atoms with Crippen molar-refractivity contribution in [3.8, 4) is 0 Å². The van der Waals surface area contributed by atoms with Gasteiger partial charge in [0.25, 0.3) is 0 Å². The summed E-state index contributed by atoms with van der Waals surface area (Å²) in [5.74, 6) is 0. The fourth-order valence-corrected chi connectivity index (χ4v) is 1.78. The molecular formula is C20H38N4O5P2. The van der Waals surface area contributed by atoms with Crippen LogP contribution in [0.2, 0.25) is 0 Å². The van der Waals surface area contributed by atoms with Gasteiger partial charge in [-0.1, -0.05) is 26.5 Å². The molecule has 1 aliphatic heterocycles. The number of imidazole rings is 2. The largest absolute Gasteiger partial charge is 0.799 e. The highest BCUT2D eigenvalue weighted by molar-refractivity contribution is 7.55. The van der Waals surface area contributed by atoms with Gasteiger partial charge in [0.05, 0.1) is 20.7 Å². The van der Waals surface area contributed by atoms with Crippen molar-refractivity contribution in [2.24, 2.45) is 14.1 Å². The first-order valence-electron chi connectivity index (χ1n) is 10.1. The number of aryl methyl sites for hydroxylation is 2. The van der Waals surface area contributed by atoms with Crippen molar-refractivity contribution >= 4 is 14.7 Å². The molecule has 0 bridgehead atoms. The van der Waals surface area contributed by atoms with Gasteiger partial charge in [0.2, 0.25) is 12.7 Å². The van der Waals surface area contributed by atoms with Crippen LogP contribution in [0.25, 0.3) is 0 Å². The molecule has 1 fully saturated rings. The maximum Gasteiger partial charge on any atom is 0.243 e. The smallest absolute Gasteiger partial charge is 0.243 e. The van der Waals surface area contributed by atoms with Gasteiger partial charge in [0.1, 0.15) is 44.0 Å². The van der Waals surface area contributed by atoms with Gasteiger partial charge in [-0.2, -0.15) is 0 Å². The zero-order chi connectivity index (χ0) is 24.1. The SMILES string of the molecule is C=CCn1cc[n+](C)c1.CCP(C)(=O)[O-].CCP(C)(=O)[O-].C[n+]1ccn(CC2CO2)c1. The van der Waals surface area contributed by atoms with Crippen LogP contribution in [0.15, 0.2) is 50.1 Å². The van der Waals surface area contributed by atoms with Gasteiger partial charge >= 0.3 is 0 Å². The summed E-state index contributed by atoms with van der Waals surface area (Å²) in [7, 11) is -1.78. The van der Waals surface area contributed by atoms with E-state index in [1.165, 1.54) is 13.3 Å². The van der Waals surface area contributed by atoms with E-state index in [1.807, 2.05) is 54.2 Å². The van der Waals surface area contributed by atoms with Crippen LogP contribution in [0, 0.1) is 0 Å². The van der Waals surface area contributed by atoms with E-state index < -0.39 is 14.7 Å². The van der Waals surface area contributed by atoms with E-state index in [9.17, 15) is 18.9 Å². The number of allylic oxidation sites excluding steroid dienone is 1. The van der Waals surface area contributed by atoms with Crippen LogP contribution < -0.4 is 18.9 Å². The van der Waals surface area contributed by atoms with E-state index in [4.69, 9.17) is 4.74 Å². The van der Waals surface area contributed by atoms with E-state index in [0.29, 0.717) is 6.10 Å². The number of hydrogen-bond acceptors (Lipinski definition) is 5. The van der Waals surface area contributed by atoms with Gasteiger partial charge < -0.3 is 23.7 Å². The van der Waals surface area contributed by atoms with Crippen molar-refractivity contribution in [3.05, 3.63) is 50.1 Å². The molecule has 3 heterocycles. The monoisotopic (exact) mass is 476 g/mol. The molecule has 0 N–H and O–H groups in total. The molecule has 0 aliphatic carbocycles. The molecule has 1 saturated heterocycles. The zero-order valence-electron chi connectivity index (χ0n) is 19.6. The number of rotatable bonds is 6. The molecule has 0 spiro atoms. The first-order chi connectivity index (χ1) is 14.3. The lowest BCUT2D eigenvalue weighted by atomic mass is 10.5. The molecule has 0 aromatic carbocycles. The average molecular weight is 476 g/mol. The Morgan fingerprint density at radius 2 is 1.42 bits per heavy atom. The summed E-state index contributed by atoms with van der Waals surface area (Å²) in [5.41, 5.74) is 0. The first kappa shape index (κ1) is 29.5. The molecule has 0 radical (unpaired) electrons. The summed E-state index contributed by atoms with van der Waals surface area (Å²) in [4.78, 5) is 20.1. The number of aromatic nitrogens is 4. The second kappa shape index (κ2) is 14.5. The minimum absolute atomic E-state index is 0.271. The quantitative estimate of drug-likeness (QED) is 0.265. The van der Waals surface area contributed by atoms with Crippen molar-refractivity contribution in [2.45, 2.75) is 33.0 Å². The summed E-state index contributed by atoms with van der Waals surface area (Å²) in [6, 6.07) is 0. The van der Waals surface area contributed by atoms with Gasteiger partial charge in [-0.25, -0.2) is 18.3 Å². The molecule has 3 atom stereocenters. The van der Waals surface area contributed by atoms with Crippen LogP contribution >= 0.6 is 14.7 Å². The van der Waals surface area contributed by atoms with Crippen LogP contribution in [-0.2, 0) is 41.1 Å². The summed E-state index contributed by atoms with van der Waals surface area (Å²) in [6.07, 6.45) is 15.1. The number of epoxide rings is 1. The lowest BCUT2D eigenvalue weighted by Gasteiger charge is -2.12. The Bertz CT molecular complexity index is 827. The lowest BCUT2D eigenvalue weighted by molar-refractivity contribution is -0.671. The third-order valence-electron chi connectivity index (χ3n) is 3.95. The third-order valence-corrected chi connectivity index (χ3v) is 6.25. The van der Waals surface area contributed by atoms with Crippen LogP contribution in [0.5, 0.6) is 0 Å². The Kier molecular flexibility index (Phi) is 13.8. The second-order valence-corrected chi connectivity index (χ2v) is 12.8. The van der Waals surface area contributed by atoms with Crippen LogP contribution in [0.1, 0.15) is 13.8 Å². The van der Waals surface area contributed by atoms with Crippen molar-refractivity contribution < 1.29 is 32.8 Å². The Morgan fingerprint density at radius 3 is 1.68 bits per heavy atom. The number of ether oxygens (including phenoxy) is 1. The molecule has 11 heteroatoms. The minimum atomic E-state index is -2.90. The Morgan fingerprint density at radius 1 is 1.03 bits per heavy atom. The highest BCUT2D eigenvalue weighted by Crippen LogP contribution is 2.27. The van der Waals surface area contributed by atoms with E-state index in [1.54, 1.807) is 13.8 Å². The molecular weight excluding hydrogens is 438 g/mol. The van der Waals surface area contributed by atoms with Crippen LogP contribution in [0.3, 0.4) is 0 Å². The molecule has 9 nitrogen and oxygen atoms in total. The van der Waals surface area contributed by atoms with Crippen molar-refractivity contribution in [1.29, 1.82) is 0 Å². The molecule has 3 unspecified atom stereocenters. The van der Waals surface area contributed by atoms with Gasteiger partial charge in [0.15, 0.2) is 0 Å². The Hall–Kier alpha value is -1.50. The predicted molar refractivity (Wildman–Crippen MR) is 119 cm³/mol. The summed E-state index contributed by atoms with van der Waals surface area (Å²) < 4.78 is 33.4. The first-order valence-corrected chi connectivity index (χ1v) is 14.6. The molecule has 31 heavy (non-hydrogen) atoms. The van der Waals surface area contributed by atoms with E-state index in [-0.39, 0.29) is 12.3 Å². The Balaban J connectivity index is 0.000000400. The van der Waals surface area contributed by atoms with Crippen molar-refractivity contribution in [1.82, 2.24) is 9.13 Å². The van der Waals surface area contributed by atoms with Gasteiger partial charge in [-0.05, 0) is 25.7 Å². The normalized spacial score (nSPS) is 17.9. The molecule has 2 aromatic rings. The summed E-state index contributed by atoms with van der Waals surface area (Å²) in [5, 5.41) is 0. The number of hydrogen-bond donors (Lipinski definition) is 0. The molecule has 3 rings (SSSR count). The summed E-state index contributed by atoms with van der Waals surface area (Å²) in [6.45, 7) is 12.2.